The quantitative estimate of drug-likeness (QED) is 0.594. The maximum Gasteiger partial charge on any atom is 0.330 e. The Hall–Kier alpha value is -3.61. The molecule has 3 N–H and O–H groups in total. The van der Waals surface area contributed by atoms with Crippen LogP contribution >= 0.6 is 0 Å². The summed E-state index contributed by atoms with van der Waals surface area (Å²) in [4.78, 5) is 42.7. The fourth-order valence-electron chi connectivity index (χ4n) is 3.72. The number of hydrogen-bond donors (Lipinski definition) is 2. The molecule has 0 atom stereocenters. The van der Waals surface area contributed by atoms with Gasteiger partial charge in [0.1, 0.15) is 5.82 Å². The molecule has 0 aliphatic carbocycles. The van der Waals surface area contributed by atoms with E-state index in [1.54, 1.807) is 12.1 Å². The molecule has 0 unspecified atom stereocenters. The van der Waals surface area contributed by atoms with E-state index in [1.165, 1.54) is 9.47 Å². The topological polar surface area (TPSA) is 101 Å². The van der Waals surface area contributed by atoms with Gasteiger partial charge in [-0.05, 0) is 43.9 Å². The fourth-order valence-corrected chi connectivity index (χ4v) is 3.72. The van der Waals surface area contributed by atoms with Gasteiger partial charge in [-0.15, -0.1) is 0 Å². The lowest BCUT2D eigenvalue weighted by Gasteiger charge is -2.25. The molecule has 0 radical (unpaired) electrons. The molecule has 0 bridgehead atoms. The van der Waals surface area contributed by atoms with Crippen LogP contribution in [0.3, 0.4) is 0 Å². The van der Waals surface area contributed by atoms with Crippen molar-refractivity contribution in [2.45, 2.75) is 40.7 Å². The van der Waals surface area contributed by atoms with E-state index in [-0.39, 0.29) is 24.0 Å². The van der Waals surface area contributed by atoms with Crippen molar-refractivity contribution in [1.82, 2.24) is 9.55 Å². The number of aromatic amines is 1. The third kappa shape index (κ3) is 5.17. The Balaban J connectivity index is 2.13. The van der Waals surface area contributed by atoms with Crippen molar-refractivity contribution >= 4 is 17.4 Å². The third-order valence-electron chi connectivity index (χ3n) is 5.31. The SMILES string of the molecule is Cc1cc(C)cc(C(=O)N(CCC(C)C)c2c(N)n(Cc3ccccc3)c(=O)[nH]c2=O)c1. The lowest BCUT2D eigenvalue weighted by molar-refractivity contribution is 0.0985. The van der Waals surface area contributed by atoms with Crippen molar-refractivity contribution < 1.29 is 4.79 Å². The number of nitrogen functional groups attached to an aromatic ring is 1. The average Bonchev–Trinajstić information content (AvgIpc) is 2.72. The number of amides is 1. The zero-order valence-electron chi connectivity index (χ0n) is 19.0. The van der Waals surface area contributed by atoms with Crippen LogP contribution in [-0.4, -0.2) is 22.0 Å². The molecule has 0 saturated carbocycles. The minimum absolute atomic E-state index is 0.00494. The number of nitrogens with zero attached hydrogens (tertiary/aromatic N) is 2. The van der Waals surface area contributed by atoms with Gasteiger partial charge in [0, 0.05) is 12.1 Å². The molecule has 0 fully saturated rings. The molecule has 1 heterocycles. The van der Waals surface area contributed by atoms with Crippen molar-refractivity contribution in [3.63, 3.8) is 0 Å². The zero-order valence-corrected chi connectivity index (χ0v) is 19.0. The maximum absolute atomic E-state index is 13.6. The van der Waals surface area contributed by atoms with Gasteiger partial charge in [0.05, 0.1) is 6.54 Å². The van der Waals surface area contributed by atoms with Crippen LogP contribution in [0.5, 0.6) is 0 Å². The van der Waals surface area contributed by atoms with Crippen molar-refractivity contribution in [2.75, 3.05) is 17.2 Å². The van der Waals surface area contributed by atoms with Crippen molar-refractivity contribution in [3.05, 3.63) is 91.6 Å². The molecule has 7 heteroatoms. The van der Waals surface area contributed by atoms with Crippen LogP contribution < -0.4 is 21.9 Å². The van der Waals surface area contributed by atoms with Crippen LogP contribution in [0.2, 0.25) is 0 Å². The lowest BCUT2D eigenvalue weighted by Crippen LogP contribution is -2.42. The second-order valence-corrected chi connectivity index (χ2v) is 8.58. The summed E-state index contributed by atoms with van der Waals surface area (Å²) in [5.41, 5.74) is 8.33. The summed E-state index contributed by atoms with van der Waals surface area (Å²) >= 11 is 0. The molecule has 168 valence electrons. The molecule has 32 heavy (non-hydrogen) atoms. The Kier molecular flexibility index (Phi) is 6.98. The molecule has 0 saturated heterocycles. The molecule has 0 aliphatic rings. The van der Waals surface area contributed by atoms with E-state index < -0.39 is 11.2 Å². The van der Waals surface area contributed by atoms with Crippen LogP contribution in [0.25, 0.3) is 0 Å². The fraction of sp³-hybridized carbons (Fsp3) is 0.320. The number of H-pyrrole nitrogens is 1. The summed E-state index contributed by atoms with van der Waals surface area (Å²) in [6.07, 6.45) is 0.674. The predicted molar refractivity (Wildman–Crippen MR) is 128 cm³/mol. The first-order valence-electron chi connectivity index (χ1n) is 10.7. The standard InChI is InChI=1S/C25H30N4O3/c1-16(2)10-11-28(24(31)20-13-17(3)12-18(4)14-20)21-22(26)29(25(32)27-23(21)30)15-19-8-6-5-7-9-19/h5-9,12-14,16H,10-11,15,26H2,1-4H3,(H,27,30,32). The number of aromatic nitrogens is 2. The molecule has 3 rings (SSSR count). The van der Waals surface area contributed by atoms with Gasteiger partial charge in [0.2, 0.25) is 0 Å². The largest absolute Gasteiger partial charge is 0.383 e. The number of nitrogens with one attached hydrogen (secondary N) is 1. The normalized spacial score (nSPS) is 11.0. The Morgan fingerprint density at radius 3 is 2.28 bits per heavy atom. The van der Waals surface area contributed by atoms with Gasteiger partial charge < -0.3 is 10.6 Å². The second kappa shape index (κ2) is 9.68. The molecular formula is C25H30N4O3. The highest BCUT2D eigenvalue weighted by molar-refractivity contribution is 6.07. The van der Waals surface area contributed by atoms with Crippen LogP contribution in [0.1, 0.15) is 47.3 Å². The minimum Gasteiger partial charge on any atom is -0.383 e. The summed E-state index contributed by atoms with van der Waals surface area (Å²) in [5.74, 6) is -0.0382. The van der Waals surface area contributed by atoms with Crippen molar-refractivity contribution in [2.24, 2.45) is 5.92 Å². The predicted octanol–water partition coefficient (Wildman–Crippen LogP) is 3.48. The first kappa shape index (κ1) is 23.1. The Bertz CT molecular complexity index is 1210. The lowest BCUT2D eigenvalue weighted by atomic mass is 10.1. The molecule has 7 nitrogen and oxygen atoms in total. The van der Waals surface area contributed by atoms with E-state index in [1.807, 2.05) is 64.1 Å². The first-order valence-corrected chi connectivity index (χ1v) is 10.7. The van der Waals surface area contributed by atoms with Gasteiger partial charge in [0.25, 0.3) is 11.5 Å². The Morgan fingerprint density at radius 2 is 1.69 bits per heavy atom. The Labute approximate surface area is 187 Å². The number of anilines is 2. The van der Waals surface area contributed by atoms with Crippen molar-refractivity contribution in [3.8, 4) is 0 Å². The first-order chi connectivity index (χ1) is 15.2. The van der Waals surface area contributed by atoms with E-state index in [4.69, 9.17) is 5.73 Å². The smallest absolute Gasteiger partial charge is 0.330 e. The highest BCUT2D eigenvalue weighted by Crippen LogP contribution is 2.22. The van der Waals surface area contributed by atoms with Crippen LogP contribution in [0, 0.1) is 19.8 Å². The van der Waals surface area contributed by atoms with Gasteiger partial charge in [-0.3, -0.25) is 19.1 Å². The van der Waals surface area contributed by atoms with E-state index >= 15 is 0 Å². The van der Waals surface area contributed by atoms with Gasteiger partial charge >= 0.3 is 5.69 Å². The summed E-state index contributed by atoms with van der Waals surface area (Å²) in [5, 5.41) is 0. The molecule has 0 spiro atoms. The van der Waals surface area contributed by atoms with Crippen LogP contribution in [0.15, 0.2) is 58.1 Å². The van der Waals surface area contributed by atoms with E-state index in [0.29, 0.717) is 24.4 Å². The number of carbonyl (C=O) groups excluding carboxylic acids is 1. The van der Waals surface area contributed by atoms with Gasteiger partial charge in [0.15, 0.2) is 5.69 Å². The number of carbonyl (C=O) groups is 1. The molecular weight excluding hydrogens is 404 g/mol. The molecule has 1 aromatic heterocycles. The second-order valence-electron chi connectivity index (χ2n) is 8.58. The van der Waals surface area contributed by atoms with Gasteiger partial charge in [-0.1, -0.05) is 61.4 Å². The third-order valence-corrected chi connectivity index (χ3v) is 5.31. The van der Waals surface area contributed by atoms with Crippen LogP contribution in [-0.2, 0) is 6.54 Å². The van der Waals surface area contributed by atoms with E-state index in [2.05, 4.69) is 4.98 Å². The number of aryl methyl sites for hydroxylation is 2. The van der Waals surface area contributed by atoms with Gasteiger partial charge in [-0.2, -0.15) is 0 Å². The molecule has 1 amide bonds. The van der Waals surface area contributed by atoms with Gasteiger partial charge in [-0.25, -0.2) is 4.79 Å². The highest BCUT2D eigenvalue weighted by Gasteiger charge is 2.25. The molecule has 0 aliphatic heterocycles. The van der Waals surface area contributed by atoms with Crippen molar-refractivity contribution in [1.29, 1.82) is 0 Å². The summed E-state index contributed by atoms with van der Waals surface area (Å²) < 4.78 is 1.29. The average molecular weight is 435 g/mol. The molecule has 3 aromatic rings. The highest BCUT2D eigenvalue weighted by atomic mass is 16.2. The van der Waals surface area contributed by atoms with E-state index in [9.17, 15) is 14.4 Å². The molecule has 2 aromatic carbocycles. The minimum atomic E-state index is -0.668. The summed E-state index contributed by atoms with van der Waals surface area (Å²) in [6, 6.07) is 14.9. The Morgan fingerprint density at radius 1 is 1.06 bits per heavy atom. The maximum atomic E-state index is 13.6. The summed E-state index contributed by atoms with van der Waals surface area (Å²) in [6.45, 7) is 8.42. The zero-order chi connectivity index (χ0) is 23.4. The van der Waals surface area contributed by atoms with E-state index in [0.717, 1.165) is 16.7 Å². The number of hydrogen-bond acceptors (Lipinski definition) is 4. The van der Waals surface area contributed by atoms with Crippen LogP contribution in [0.4, 0.5) is 11.5 Å². The number of nitrogens with two attached hydrogens (primary N) is 1. The number of rotatable bonds is 7. The number of benzene rings is 2. The monoisotopic (exact) mass is 434 g/mol. The summed E-state index contributed by atoms with van der Waals surface area (Å²) in [7, 11) is 0.